The molecule has 1 aromatic rings. The molecule has 0 fully saturated rings. The Morgan fingerprint density at radius 3 is 2.70 bits per heavy atom. The Morgan fingerprint density at radius 1 is 1.25 bits per heavy atom. The molecule has 0 saturated heterocycles. The van der Waals surface area contributed by atoms with Crippen molar-refractivity contribution in [2.24, 2.45) is 5.73 Å². The van der Waals surface area contributed by atoms with Crippen molar-refractivity contribution < 1.29 is 4.79 Å². The summed E-state index contributed by atoms with van der Waals surface area (Å²) in [5.41, 5.74) is 7.68. The molecule has 1 heterocycles. The number of nitrogens with two attached hydrogens (primary N) is 1. The summed E-state index contributed by atoms with van der Waals surface area (Å²) in [6, 6.07) is 0. The second-order valence-electron chi connectivity index (χ2n) is 4.03. The van der Waals surface area contributed by atoms with E-state index in [4.69, 9.17) is 5.73 Å². The lowest BCUT2D eigenvalue weighted by molar-refractivity contribution is 0.0999. The van der Waals surface area contributed by atoms with Crippen LogP contribution in [0.5, 0.6) is 0 Å². The first-order valence-electron chi connectivity index (χ1n) is 5.89. The van der Waals surface area contributed by atoms with E-state index in [1.54, 1.807) is 9.82 Å². The van der Waals surface area contributed by atoms with Crippen LogP contribution in [0, 0.1) is 18.8 Å². The third-order valence-electron chi connectivity index (χ3n) is 2.63. The van der Waals surface area contributed by atoms with Gasteiger partial charge in [0.05, 0.1) is 34.1 Å². The Bertz CT molecular complexity index is 724. The second kappa shape index (κ2) is 6.39. The van der Waals surface area contributed by atoms with Gasteiger partial charge in [-0.15, -0.1) is 0 Å². The van der Waals surface area contributed by atoms with Crippen LogP contribution < -0.4 is 5.73 Å². The van der Waals surface area contributed by atoms with Crippen LogP contribution in [0.3, 0.4) is 0 Å². The SMILES string of the molecule is Cc1c(C(N)=O)c(C#CC2=C/C=C\C=C/C=C\2)nn1I. The van der Waals surface area contributed by atoms with E-state index in [0.717, 1.165) is 5.57 Å². The Kier molecular flexibility index (Phi) is 4.58. The minimum absolute atomic E-state index is 0.373. The summed E-state index contributed by atoms with van der Waals surface area (Å²) < 4.78 is 1.58. The second-order valence-corrected chi connectivity index (χ2v) is 4.95. The maximum Gasteiger partial charge on any atom is 0.253 e. The third kappa shape index (κ3) is 3.27. The molecule has 1 aromatic heterocycles. The molecule has 2 N–H and O–H groups in total. The van der Waals surface area contributed by atoms with E-state index in [1.165, 1.54) is 0 Å². The molecule has 0 aliphatic heterocycles. The van der Waals surface area contributed by atoms with Crippen molar-refractivity contribution in [2.75, 3.05) is 0 Å². The summed E-state index contributed by atoms with van der Waals surface area (Å²) in [6.45, 7) is 1.78. The van der Waals surface area contributed by atoms with Crippen LogP contribution in [-0.4, -0.2) is 13.9 Å². The summed E-state index contributed by atoms with van der Waals surface area (Å²) in [5, 5.41) is 4.20. The van der Waals surface area contributed by atoms with Crippen molar-refractivity contribution in [2.45, 2.75) is 6.92 Å². The zero-order valence-corrected chi connectivity index (χ0v) is 13.0. The van der Waals surface area contributed by atoms with Crippen LogP contribution in [0.4, 0.5) is 0 Å². The Morgan fingerprint density at radius 2 is 1.95 bits per heavy atom. The highest BCUT2D eigenvalue weighted by Gasteiger charge is 2.16. The monoisotopic (exact) mass is 377 g/mol. The number of allylic oxidation sites excluding steroid dienone is 8. The highest BCUT2D eigenvalue weighted by atomic mass is 127. The third-order valence-corrected chi connectivity index (χ3v) is 3.57. The van der Waals surface area contributed by atoms with Gasteiger partial charge in [-0.3, -0.25) is 4.79 Å². The minimum atomic E-state index is -0.514. The minimum Gasteiger partial charge on any atom is -0.365 e. The Labute approximate surface area is 131 Å². The summed E-state index contributed by atoms with van der Waals surface area (Å²) in [7, 11) is 0. The van der Waals surface area contributed by atoms with Crippen LogP contribution in [0.2, 0.25) is 0 Å². The lowest BCUT2D eigenvalue weighted by Crippen LogP contribution is -2.13. The molecule has 20 heavy (non-hydrogen) atoms. The average molecular weight is 377 g/mol. The van der Waals surface area contributed by atoms with Crippen LogP contribution in [0.15, 0.2) is 48.1 Å². The van der Waals surface area contributed by atoms with Crippen molar-refractivity contribution in [1.29, 1.82) is 0 Å². The number of carbonyl (C=O) groups is 1. The molecule has 0 atom stereocenters. The molecule has 0 spiro atoms. The molecule has 100 valence electrons. The highest BCUT2D eigenvalue weighted by Crippen LogP contribution is 2.14. The number of carbonyl (C=O) groups excluding carboxylic acids is 1. The van der Waals surface area contributed by atoms with Gasteiger partial charge in [0.2, 0.25) is 0 Å². The van der Waals surface area contributed by atoms with E-state index < -0.39 is 5.91 Å². The predicted molar refractivity (Wildman–Crippen MR) is 87.3 cm³/mol. The van der Waals surface area contributed by atoms with Crippen molar-refractivity contribution in [3.63, 3.8) is 0 Å². The molecule has 1 amide bonds. The first-order chi connectivity index (χ1) is 9.59. The number of halogens is 1. The zero-order chi connectivity index (χ0) is 14.5. The van der Waals surface area contributed by atoms with Gasteiger partial charge in [-0.25, -0.2) is 2.90 Å². The van der Waals surface area contributed by atoms with Crippen molar-refractivity contribution in [3.8, 4) is 11.8 Å². The number of aromatic nitrogens is 2. The van der Waals surface area contributed by atoms with Gasteiger partial charge in [-0.05, 0) is 25.0 Å². The fourth-order valence-electron chi connectivity index (χ4n) is 1.64. The van der Waals surface area contributed by atoms with E-state index in [1.807, 2.05) is 65.4 Å². The quantitative estimate of drug-likeness (QED) is 0.604. The highest BCUT2D eigenvalue weighted by molar-refractivity contribution is 14.1. The lowest BCUT2D eigenvalue weighted by atomic mass is 10.1. The number of hydrogen-bond donors (Lipinski definition) is 1. The topological polar surface area (TPSA) is 60.9 Å². The first-order valence-corrected chi connectivity index (χ1v) is 6.85. The van der Waals surface area contributed by atoms with Gasteiger partial charge in [0, 0.05) is 5.57 Å². The molecule has 0 radical (unpaired) electrons. The Balaban J connectivity index is 2.39. The Hall–Kier alpha value is -2.07. The predicted octanol–water partition coefficient (Wildman–Crippen LogP) is 2.45. The van der Waals surface area contributed by atoms with Crippen LogP contribution in [0.25, 0.3) is 0 Å². The molecule has 0 saturated carbocycles. The summed E-state index contributed by atoms with van der Waals surface area (Å²) >= 11 is 1.99. The van der Waals surface area contributed by atoms with Gasteiger partial charge in [0.1, 0.15) is 5.69 Å². The molecule has 1 aliphatic rings. The fraction of sp³-hybridized carbons (Fsp3) is 0.0667. The molecule has 0 bridgehead atoms. The van der Waals surface area contributed by atoms with Crippen molar-refractivity contribution in [1.82, 2.24) is 7.99 Å². The van der Waals surface area contributed by atoms with Gasteiger partial charge >= 0.3 is 0 Å². The van der Waals surface area contributed by atoms with Gasteiger partial charge in [-0.1, -0.05) is 36.3 Å². The van der Waals surface area contributed by atoms with Crippen LogP contribution in [-0.2, 0) is 0 Å². The van der Waals surface area contributed by atoms with Gasteiger partial charge < -0.3 is 5.73 Å². The van der Waals surface area contributed by atoms with Gasteiger partial charge in [-0.2, -0.15) is 5.10 Å². The fourth-order valence-corrected chi connectivity index (χ4v) is 2.10. The standard InChI is InChI=1S/C15H12IN3O/c1-11-14(15(17)20)13(18-19(11)16)10-9-12-7-5-3-2-4-6-8-12/h2-8H,1H3,(H2,17,20)/b3-2-,4-2?,5-3?,6-4-,7-5-,8-6?,12-7?,12-8+. The number of primary amides is 1. The number of nitrogens with zero attached hydrogens (tertiary/aromatic N) is 2. The molecular formula is C15H12IN3O. The smallest absolute Gasteiger partial charge is 0.253 e. The first kappa shape index (κ1) is 14.3. The van der Waals surface area contributed by atoms with Gasteiger partial charge in [0.15, 0.2) is 0 Å². The summed E-state index contributed by atoms with van der Waals surface area (Å²) in [4.78, 5) is 11.5. The molecule has 4 nitrogen and oxygen atoms in total. The van der Waals surface area contributed by atoms with Gasteiger partial charge in [0.25, 0.3) is 5.91 Å². The maximum atomic E-state index is 11.5. The van der Waals surface area contributed by atoms with E-state index in [2.05, 4.69) is 16.9 Å². The number of amides is 1. The van der Waals surface area contributed by atoms with Crippen molar-refractivity contribution in [3.05, 3.63) is 65.1 Å². The molecule has 2 rings (SSSR count). The zero-order valence-electron chi connectivity index (χ0n) is 10.8. The number of hydrogen-bond acceptors (Lipinski definition) is 2. The van der Waals surface area contributed by atoms with E-state index in [-0.39, 0.29) is 0 Å². The van der Waals surface area contributed by atoms with Crippen molar-refractivity contribution >= 4 is 28.8 Å². The molecule has 0 aromatic carbocycles. The van der Waals surface area contributed by atoms with Crippen LogP contribution in [0.1, 0.15) is 21.7 Å². The summed E-state index contributed by atoms with van der Waals surface area (Å²) in [6.07, 6.45) is 13.4. The normalized spacial score (nSPS) is 20.6. The van der Waals surface area contributed by atoms with E-state index >= 15 is 0 Å². The van der Waals surface area contributed by atoms with E-state index in [9.17, 15) is 4.79 Å². The van der Waals surface area contributed by atoms with E-state index in [0.29, 0.717) is 17.0 Å². The van der Waals surface area contributed by atoms with Crippen LogP contribution >= 0.6 is 22.9 Å². The largest absolute Gasteiger partial charge is 0.365 e. The molecule has 0 unspecified atom stereocenters. The average Bonchev–Trinajstić information content (AvgIpc) is 2.63. The summed E-state index contributed by atoms with van der Waals surface area (Å²) in [5.74, 6) is 5.39. The number of rotatable bonds is 1. The maximum absolute atomic E-state index is 11.5. The molecular weight excluding hydrogens is 365 g/mol. The lowest BCUT2D eigenvalue weighted by Gasteiger charge is -1.93. The molecule has 1 aliphatic carbocycles. The molecule has 5 heteroatoms.